The fraction of sp³-hybridized carbons (Fsp3) is 0.667. The molecule has 102 valence electrons. The summed E-state index contributed by atoms with van der Waals surface area (Å²) in [7, 11) is 0. The van der Waals surface area contributed by atoms with E-state index in [0.717, 1.165) is 17.9 Å². The van der Waals surface area contributed by atoms with Gasteiger partial charge in [0.2, 0.25) is 0 Å². The van der Waals surface area contributed by atoms with Gasteiger partial charge in [-0.05, 0) is 32.6 Å². The molecule has 0 amide bonds. The number of ether oxygens (including phenoxy) is 1. The maximum atomic E-state index is 11.3. The first kappa shape index (κ1) is 14.8. The number of rotatable bonds is 6. The lowest BCUT2D eigenvalue weighted by molar-refractivity contribution is -0.140. The van der Waals surface area contributed by atoms with Crippen LogP contribution in [0.25, 0.3) is 0 Å². The minimum absolute atomic E-state index is 0.0923. The summed E-state index contributed by atoms with van der Waals surface area (Å²) in [6.45, 7) is 8.07. The van der Waals surface area contributed by atoms with E-state index in [2.05, 4.69) is 19.9 Å². The lowest BCUT2D eigenvalue weighted by atomic mass is 10.0. The van der Waals surface area contributed by atoms with Crippen LogP contribution >= 0.6 is 0 Å². The fourth-order valence-electron chi connectivity index (χ4n) is 1.95. The van der Waals surface area contributed by atoms with Crippen LogP contribution in [0.5, 0.6) is 0 Å². The van der Waals surface area contributed by atoms with Crippen molar-refractivity contribution in [2.24, 2.45) is 5.92 Å². The van der Waals surface area contributed by atoms with Crippen LogP contribution < -0.4 is 0 Å². The second-order valence-electron chi connectivity index (χ2n) is 5.25. The first-order chi connectivity index (χ1) is 8.45. The Morgan fingerprint density at radius 1 is 1.56 bits per heavy atom. The van der Waals surface area contributed by atoms with Crippen LogP contribution in [0, 0.1) is 5.92 Å². The summed E-state index contributed by atoms with van der Waals surface area (Å²) >= 11 is 0. The molecule has 1 rings (SSSR count). The molecule has 0 fully saturated rings. The molecule has 1 aliphatic heterocycles. The number of aliphatic hydroxyl groups is 1. The summed E-state index contributed by atoms with van der Waals surface area (Å²) < 4.78 is 5.10. The molecule has 0 bridgehead atoms. The zero-order chi connectivity index (χ0) is 13.7. The average Bonchev–Trinajstić information content (AvgIpc) is 2.56. The number of hydrogen-bond donors (Lipinski definition) is 1. The van der Waals surface area contributed by atoms with E-state index in [0.29, 0.717) is 12.0 Å². The van der Waals surface area contributed by atoms with E-state index in [1.165, 1.54) is 12.8 Å². The molecule has 3 heteroatoms. The second kappa shape index (κ2) is 6.62. The number of esters is 1. The monoisotopic (exact) mass is 252 g/mol. The standard InChI is InChI=1S/C15H24O3/c1-5-10(2)7-6-8-11(3)9-13-14(16)12(4)15(17)18-13/h8,10,13,16H,5-7,9H2,1-4H3/b11-8+/t10-,13?/m1/s1. The Morgan fingerprint density at radius 2 is 2.22 bits per heavy atom. The van der Waals surface area contributed by atoms with Crippen LogP contribution in [0.2, 0.25) is 0 Å². The van der Waals surface area contributed by atoms with Crippen LogP contribution in [0.4, 0.5) is 0 Å². The molecule has 0 spiro atoms. The van der Waals surface area contributed by atoms with E-state index in [1.807, 2.05) is 6.92 Å². The molecule has 1 N–H and O–H groups in total. The molecule has 2 atom stereocenters. The predicted octanol–water partition coefficient (Wildman–Crippen LogP) is 3.91. The molecule has 1 aliphatic rings. The van der Waals surface area contributed by atoms with Gasteiger partial charge in [0.05, 0.1) is 5.57 Å². The van der Waals surface area contributed by atoms with Crippen LogP contribution in [-0.4, -0.2) is 17.2 Å². The lowest BCUT2D eigenvalue weighted by Crippen LogP contribution is -2.12. The van der Waals surface area contributed by atoms with Gasteiger partial charge in [-0.3, -0.25) is 0 Å². The molecule has 0 aliphatic carbocycles. The van der Waals surface area contributed by atoms with E-state index in [9.17, 15) is 9.90 Å². The Hall–Kier alpha value is -1.25. The molecule has 18 heavy (non-hydrogen) atoms. The maximum Gasteiger partial charge on any atom is 0.338 e. The molecular weight excluding hydrogens is 228 g/mol. The van der Waals surface area contributed by atoms with Gasteiger partial charge in [-0.2, -0.15) is 0 Å². The third kappa shape index (κ3) is 3.90. The van der Waals surface area contributed by atoms with Crippen molar-refractivity contribution in [3.05, 3.63) is 23.0 Å². The highest BCUT2D eigenvalue weighted by molar-refractivity contribution is 5.91. The van der Waals surface area contributed by atoms with Crippen molar-refractivity contribution in [1.29, 1.82) is 0 Å². The van der Waals surface area contributed by atoms with Gasteiger partial charge in [0, 0.05) is 6.42 Å². The normalized spacial score (nSPS) is 22.3. The molecule has 0 radical (unpaired) electrons. The second-order valence-corrected chi connectivity index (χ2v) is 5.25. The van der Waals surface area contributed by atoms with Crippen molar-refractivity contribution >= 4 is 5.97 Å². The molecule has 1 unspecified atom stereocenters. The molecular formula is C15H24O3. The van der Waals surface area contributed by atoms with E-state index in [4.69, 9.17) is 4.74 Å². The lowest BCUT2D eigenvalue weighted by Gasteiger charge is -2.11. The fourth-order valence-corrected chi connectivity index (χ4v) is 1.95. The summed E-state index contributed by atoms with van der Waals surface area (Å²) in [5.41, 5.74) is 1.50. The first-order valence-electron chi connectivity index (χ1n) is 6.72. The van der Waals surface area contributed by atoms with Gasteiger partial charge in [0.1, 0.15) is 5.76 Å². The minimum Gasteiger partial charge on any atom is -0.508 e. The third-order valence-electron chi connectivity index (χ3n) is 3.60. The molecule has 3 nitrogen and oxygen atoms in total. The summed E-state index contributed by atoms with van der Waals surface area (Å²) in [6, 6.07) is 0. The van der Waals surface area contributed by atoms with E-state index in [1.54, 1.807) is 6.92 Å². The highest BCUT2D eigenvalue weighted by Crippen LogP contribution is 2.25. The quantitative estimate of drug-likeness (QED) is 0.576. The summed E-state index contributed by atoms with van der Waals surface area (Å²) in [5, 5.41) is 9.74. The van der Waals surface area contributed by atoms with Gasteiger partial charge < -0.3 is 9.84 Å². The van der Waals surface area contributed by atoms with E-state index in [-0.39, 0.29) is 5.76 Å². The van der Waals surface area contributed by atoms with Crippen molar-refractivity contribution in [2.75, 3.05) is 0 Å². The van der Waals surface area contributed by atoms with Gasteiger partial charge >= 0.3 is 5.97 Å². The molecule has 0 aromatic heterocycles. The van der Waals surface area contributed by atoms with Crippen molar-refractivity contribution in [2.45, 2.75) is 59.5 Å². The summed E-state index contributed by atoms with van der Waals surface area (Å²) in [5.74, 6) is 0.438. The number of carbonyl (C=O) groups is 1. The summed E-state index contributed by atoms with van der Waals surface area (Å²) in [4.78, 5) is 11.3. The zero-order valence-electron chi connectivity index (χ0n) is 11.8. The van der Waals surface area contributed by atoms with Gasteiger partial charge in [-0.1, -0.05) is 31.9 Å². The zero-order valence-corrected chi connectivity index (χ0v) is 11.8. The van der Waals surface area contributed by atoms with Crippen LogP contribution in [0.1, 0.15) is 53.4 Å². The number of allylic oxidation sites excluding steroid dienone is 1. The molecule has 0 aromatic carbocycles. The van der Waals surface area contributed by atoms with Crippen LogP contribution in [0.15, 0.2) is 23.0 Å². The van der Waals surface area contributed by atoms with Crippen LogP contribution in [-0.2, 0) is 9.53 Å². The minimum atomic E-state index is -0.475. The van der Waals surface area contributed by atoms with Gasteiger partial charge in [-0.15, -0.1) is 0 Å². The van der Waals surface area contributed by atoms with Crippen molar-refractivity contribution in [1.82, 2.24) is 0 Å². The summed E-state index contributed by atoms with van der Waals surface area (Å²) in [6.07, 6.45) is 5.73. The van der Waals surface area contributed by atoms with Gasteiger partial charge in [0.15, 0.2) is 6.10 Å². The predicted molar refractivity (Wildman–Crippen MR) is 72.3 cm³/mol. The molecule has 1 heterocycles. The van der Waals surface area contributed by atoms with E-state index >= 15 is 0 Å². The van der Waals surface area contributed by atoms with Crippen molar-refractivity contribution < 1.29 is 14.6 Å². The number of cyclic esters (lactones) is 1. The Balaban J connectivity index is 2.44. The van der Waals surface area contributed by atoms with Gasteiger partial charge in [-0.25, -0.2) is 4.79 Å². The van der Waals surface area contributed by atoms with E-state index < -0.39 is 12.1 Å². The molecule has 0 aromatic rings. The largest absolute Gasteiger partial charge is 0.508 e. The van der Waals surface area contributed by atoms with Crippen LogP contribution in [0.3, 0.4) is 0 Å². The highest BCUT2D eigenvalue weighted by atomic mass is 16.6. The number of aliphatic hydroxyl groups excluding tert-OH is 1. The van der Waals surface area contributed by atoms with Crippen molar-refractivity contribution in [3.63, 3.8) is 0 Å². The smallest absolute Gasteiger partial charge is 0.338 e. The maximum absolute atomic E-state index is 11.3. The Labute approximate surface area is 110 Å². The first-order valence-corrected chi connectivity index (χ1v) is 6.72. The van der Waals surface area contributed by atoms with Gasteiger partial charge in [0.25, 0.3) is 0 Å². The Bertz CT molecular complexity index is 366. The molecule has 0 saturated carbocycles. The topological polar surface area (TPSA) is 46.5 Å². The number of carbonyl (C=O) groups excluding carboxylic acids is 1. The SMILES string of the molecule is CC[C@@H](C)CC/C=C(\C)CC1OC(=O)C(C)=C1O. The van der Waals surface area contributed by atoms with Crippen molar-refractivity contribution in [3.8, 4) is 0 Å². The number of hydrogen-bond acceptors (Lipinski definition) is 3. The third-order valence-corrected chi connectivity index (χ3v) is 3.60. The molecule has 0 saturated heterocycles. The Kier molecular flexibility index (Phi) is 5.45. The average molecular weight is 252 g/mol. The Morgan fingerprint density at radius 3 is 2.72 bits per heavy atom. The highest BCUT2D eigenvalue weighted by Gasteiger charge is 2.31.